The fourth-order valence-electron chi connectivity index (χ4n) is 2.48. The number of nitrogens with zero attached hydrogens (tertiary/aromatic N) is 4. The van der Waals surface area contributed by atoms with E-state index in [-0.39, 0.29) is 5.91 Å². The highest BCUT2D eigenvalue weighted by Gasteiger charge is 2.20. The summed E-state index contributed by atoms with van der Waals surface area (Å²) in [4.78, 5) is 18.5. The van der Waals surface area contributed by atoms with Crippen LogP contribution in [0.1, 0.15) is 11.3 Å². The molecule has 1 aliphatic heterocycles. The maximum Gasteiger partial charge on any atom is 0.272 e. The van der Waals surface area contributed by atoms with Gasteiger partial charge in [0.25, 0.3) is 5.91 Å². The number of aromatic nitrogens is 2. The van der Waals surface area contributed by atoms with Crippen molar-refractivity contribution in [1.82, 2.24) is 14.7 Å². The van der Waals surface area contributed by atoms with Gasteiger partial charge in [0.15, 0.2) is 0 Å². The predicted octanol–water partition coefficient (Wildman–Crippen LogP) is 3.22. The van der Waals surface area contributed by atoms with Gasteiger partial charge in [-0.1, -0.05) is 29.3 Å². The van der Waals surface area contributed by atoms with Crippen molar-refractivity contribution in [2.45, 2.75) is 6.54 Å². The molecular weight excluding hydrogens is 347 g/mol. The molecule has 1 aliphatic rings. The Morgan fingerprint density at radius 2 is 2.08 bits per heavy atom. The van der Waals surface area contributed by atoms with Gasteiger partial charge in [0.2, 0.25) is 0 Å². The fraction of sp³-hybridized carbons (Fsp3) is 0.235. The summed E-state index contributed by atoms with van der Waals surface area (Å²) in [7, 11) is 3.59. The highest BCUT2D eigenvalue weighted by molar-refractivity contribution is 6.45. The first-order chi connectivity index (χ1) is 11.4. The average molecular weight is 363 g/mol. The predicted molar refractivity (Wildman–Crippen MR) is 96.4 cm³/mol. The third kappa shape index (κ3) is 3.52. The molecule has 0 N–H and O–H groups in total. The first-order valence-corrected chi connectivity index (χ1v) is 8.14. The van der Waals surface area contributed by atoms with Crippen molar-refractivity contribution >= 4 is 40.4 Å². The van der Waals surface area contributed by atoms with E-state index in [1.54, 1.807) is 34.8 Å². The van der Waals surface area contributed by atoms with Gasteiger partial charge < -0.3 is 4.90 Å². The van der Waals surface area contributed by atoms with Crippen molar-refractivity contribution < 1.29 is 4.79 Å². The first kappa shape index (κ1) is 16.7. The molecule has 3 rings (SSSR count). The van der Waals surface area contributed by atoms with Gasteiger partial charge in [0.05, 0.1) is 28.8 Å². The van der Waals surface area contributed by atoms with Gasteiger partial charge in [-0.2, -0.15) is 5.10 Å². The maximum atomic E-state index is 12.5. The van der Waals surface area contributed by atoms with Crippen LogP contribution in [0.15, 0.2) is 41.5 Å². The number of rotatable bonds is 4. The Hall–Kier alpha value is -2.11. The highest BCUT2D eigenvalue weighted by Crippen LogP contribution is 2.28. The molecule has 0 saturated carbocycles. The number of benzene rings is 1. The molecule has 2 aromatic rings. The van der Waals surface area contributed by atoms with Gasteiger partial charge in [0.1, 0.15) is 5.71 Å². The molecule has 0 aliphatic carbocycles. The van der Waals surface area contributed by atoms with Crippen LogP contribution in [0.25, 0.3) is 5.57 Å². The molecular formula is C17H16Cl2N4O. The van der Waals surface area contributed by atoms with Crippen LogP contribution in [0.4, 0.5) is 0 Å². The molecule has 0 spiro atoms. The van der Waals surface area contributed by atoms with E-state index in [2.05, 4.69) is 10.1 Å². The Labute approximate surface area is 150 Å². The van der Waals surface area contributed by atoms with E-state index in [1.165, 1.54) is 0 Å². The Balaban J connectivity index is 1.71. The Kier molecular flexibility index (Phi) is 4.73. The van der Waals surface area contributed by atoms with Crippen molar-refractivity contribution in [3.05, 3.63) is 57.8 Å². The van der Waals surface area contributed by atoms with Gasteiger partial charge in [-0.15, -0.1) is 0 Å². The second-order valence-electron chi connectivity index (χ2n) is 5.64. The number of hydrogen-bond acceptors (Lipinski definition) is 3. The smallest absolute Gasteiger partial charge is 0.272 e. The third-order valence-electron chi connectivity index (χ3n) is 3.75. The minimum absolute atomic E-state index is 0.129. The van der Waals surface area contributed by atoms with Crippen LogP contribution in [-0.4, -0.2) is 39.9 Å². The van der Waals surface area contributed by atoms with Crippen LogP contribution in [-0.2, 0) is 18.4 Å². The quantitative estimate of drug-likeness (QED) is 0.838. The number of amides is 1. The van der Waals surface area contributed by atoms with Crippen molar-refractivity contribution in [2.75, 3.05) is 13.6 Å². The van der Waals surface area contributed by atoms with Gasteiger partial charge >= 0.3 is 0 Å². The van der Waals surface area contributed by atoms with Crippen LogP contribution in [0.3, 0.4) is 0 Å². The zero-order chi connectivity index (χ0) is 17.3. The Bertz CT molecular complexity index is 854. The van der Waals surface area contributed by atoms with E-state index in [4.69, 9.17) is 23.2 Å². The lowest BCUT2D eigenvalue weighted by Gasteiger charge is -2.14. The van der Waals surface area contributed by atoms with Crippen molar-refractivity contribution in [3.8, 4) is 0 Å². The lowest BCUT2D eigenvalue weighted by atomic mass is 10.1. The molecule has 1 aromatic carbocycles. The third-order valence-corrected chi connectivity index (χ3v) is 4.49. The van der Waals surface area contributed by atoms with Crippen LogP contribution in [0.5, 0.6) is 0 Å². The molecule has 0 unspecified atom stereocenters. The van der Waals surface area contributed by atoms with Gasteiger partial charge in [-0.3, -0.25) is 14.5 Å². The van der Waals surface area contributed by atoms with Gasteiger partial charge in [-0.25, -0.2) is 0 Å². The number of carbonyl (C=O) groups excluding carboxylic acids is 1. The summed E-state index contributed by atoms with van der Waals surface area (Å²) in [5, 5.41) is 5.27. The lowest BCUT2D eigenvalue weighted by Crippen LogP contribution is -2.31. The zero-order valence-electron chi connectivity index (χ0n) is 13.3. The number of halogens is 2. The Morgan fingerprint density at radius 1 is 1.29 bits per heavy atom. The largest absolute Gasteiger partial charge is 0.334 e. The molecule has 0 atom stereocenters. The normalized spacial score (nSPS) is 13.7. The van der Waals surface area contributed by atoms with E-state index >= 15 is 0 Å². The summed E-state index contributed by atoms with van der Waals surface area (Å²) in [5.41, 5.74) is 3.14. The van der Waals surface area contributed by atoms with Crippen LogP contribution in [0, 0.1) is 0 Å². The maximum absolute atomic E-state index is 12.5. The first-order valence-electron chi connectivity index (χ1n) is 7.38. The van der Waals surface area contributed by atoms with Crippen molar-refractivity contribution in [2.24, 2.45) is 12.0 Å². The van der Waals surface area contributed by atoms with E-state index < -0.39 is 0 Å². The summed E-state index contributed by atoms with van der Waals surface area (Å²) in [6.07, 6.45) is 3.65. The molecule has 2 heterocycles. The zero-order valence-corrected chi connectivity index (χ0v) is 14.8. The van der Waals surface area contributed by atoms with Crippen LogP contribution >= 0.6 is 23.2 Å². The van der Waals surface area contributed by atoms with Crippen molar-refractivity contribution in [1.29, 1.82) is 0 Å². The average Bonchev–Trinajstić information content (AvgIpc) is 3.18. The molecule has 7 heteroatoms. The summed E-state index contributed by atoms with van der Waals surface area (Å²) in [6.45, 7) is 0.894. The minimum atomic E-state index is -0.129. The highest BCUT2D eigenvalue weighted by atomic mass is 35.5. The van der Waals surface area contributed by atoms with E-state index in [9.17, 15) is 4.79 Å². The lowest BCUT2D eigenvalue weighted by molar-refractivity contribution is -0.123. The fourth-order valence-corrected chi connectivity index (χ4v) is 2.78. The number of aryl methyl sites for hydroxylation is 1. The molecule has 24 heavy (non-hydrogen) atoms. The second kappa shape index (κ2) is 6.79. The molecule has 0 saturated heterocycles. The molecule has 0 fully saturated rings. The monoisotopic (exact) mass is 362 g/mol. The van der Waals surface area contributed by atoms with Crippen molar-refractivity contribution in [3.63, 3.8) is 0 Å². The molecule has 0 radical (unpaired) electrons. The summed E-state index contributed by atoms with van der Waals surface area (Å²) in [5.74, 6) is -0.129. The van der Waals surface area contributed by atoms with E-state index in [0.29, 0.717) is 28.8 Å². The van der Waals surface area contributed by atoms with Gasteiger partial charge in [-0.05, 0) is 35.4 Å². The molecule has 1 aromatic heterocycles. The SMILES string of the molecule is CN(Cc1ccn(C)n1)C(=O)C1=NCC(c2ccc(Cl)c(Cl)c2)=C1. The van der Waals surface area contributed by atoms with Gasteiger partial charge in [0, 0.05) is 20.3 Å². The molecule has 0 bridgehead atoms. The summed E-state index contributed by atoms with van der Waals surface area (Å²) < 4.78 is 1.71. The molecule has 5 nitrogen and oxygen atoms in total. The summed E-state index contributed by atoms with van der Waals surface area (Å²) >= 11 is 12.0. The van der Waals surface area contributed by atoms with E-state index in [0.717, 1.165) is 16.8 Å². The molecule has 124 valence electrons. The minimum Gasteiger partial charge on any atom is -0.334 e. The summed E-state index contributed by atoms with van der Waals surface area (Å²) in [6, 6.07) is 7.29. The topological polar surface area (TPSA) is 50.5 Å². The second-order valence-corrected chi connectivity index (χ2v) is 6.46. The van der Waals surface area contributed by atoms with E-state index in [1.807, 2.05) is 25.4 Å². The van der Waals surface area contributed by atoms with Crippen LogP contribution < -0.4 is 0 Å². The Morgan fingerprint density at radius 3 is 2.75 bits per heavy atom. The number of aliphatic imine (C=N–C) groups is 1. The number of carbonyl (C=O) groups is 1. The molecule has 1 amide bonds. The standard InChI is InChI=1S/C17H16Cl2N4O/c1-22(10-13-5-6-23(2)21-13)17(24)16-8-12(9-20-16)11-3-4-14(18)15(19)7-11/h3-8H,9-10H2,1-2H3. The van der Waals surface area contributed by atoms with Crippen LogP contribution in [0.2, 0.25) is 10.0 Å². The number of hydrogen-bond donors (Lipinski definition) is 0.